The Morgan fingerprint density at radius 2 is 1.95 bits per heavy atom. The first kappa shape index (κ1) is 13.5. The number of hydrogen-bond donors (Lipinski definition) is 1. The molecule has 3 rings (SSSR count). The lowest BCUT2D eigenvalue weighted by atomic mass is 9.96. The van der Waals surface area contributed by atoms with Crippen LogP contribution in [0.2, 0.25) is 0 Å². The largest absolute Gasteiger partial charge is 0.378 e. The fourth-order valence-corrected chi connectivity index (χ4v) is 3.02. The number of thiazole rings is 1. The quantitative estimate of drug-likeness (QED) is 0.863. The minimum absolute atomic E-state index is 0.100. The van der Waals surface area contributed by atoms with E-state index in [1.54, 1.807) is 0 Å². The SMILES string of the molecule is CC(C)(C)c1nc2nc(N3CCOCC3)sc2c(=O)[nH]1. The van der Waals surface area contributed by atoms with Gasteiger partial charge in [-0.05, 0) is 0 Å². The van der Waals surface area contributed by atoms with E-state index in [4.69, 9.17) is 4.74 Å². The van der Waals surface area contributed by atoms with Gasteiger partial charge in [0.15, 0.2) is 10.8 Å². The molecule has 108 valence electrons. The molecular formula is C13H18N4O2S. The molecule has 0 aliphatic carbocycles. The molecule has 1 saturated heterocycles. The van der Waals surface area contributed by atoms with Crippen LogP contribution in [0.4, 0.5) is 5.13 Å². The topological polar surface area (TPSA) is 71.1 Å². The van der Waals surface area contributed by atoms with E-state index in [-0.39, 0.29) is 11.0 Å². The first-order chi connectivity index (χ1) is 9.45. The van der Waals surface area contributed by atoms with Crippen molar-refractivity contribution in [2.24, 2.45) is 0 Å². The van der Waals surface area contributed by atoms with Crippen molar-refractivity contribution >= 4 is 26.8 Å². The molecule has 0 aromatic carbocycles. The molecule has 0 radical (unpaired) electrons. The molecule has 1 N–H and O–H groups in total. The lowest BCUT2D eigenvalue weighted by Gasteiger charge is -2.25. The van der Waals surface area contributed by atoms with Gasteiger partial charge < -0.3 is 14.6 Å². The minimum atomic E-state index is -0.198. The Morgan fingerprint density at radius 3 is 2.60 bits per heavy atom. The standard InChI is InChI=1S/C13H18N4O2S/c1-13(2,3)11-14-9-8(10(18)16-11)20-12(15-9)17-4-6-19-7-5-17/h4-7H2,1-3H3,(H,14,16,18). The van der Waals surface area contributed by atoms with Crippen LogP contribution in [0.1, 0.15) is 26.6 Å². The summed E-state index contributed by atoms with van der Waals surface area (Å²) in [4.78, 5) is 26.2. The Kier molecular flexibility index (Phi) is 3.25. The van der Waals surface area contributed by atoms with Gasteiger partial charge in [-0.25, -0.2) is 4.98 Å². The Hall–Kier alpha value is -1.47. The Morgan fingerprint density at radius 1 is 1.25 bits per heavy atom. The highest BCUT2D eigenvalue weighted by Gasteiger charge is 2.21. The lowest BCUT2D eigenvalue weighted by molar-refractivity contribution is 0.122. The molecule has 7 heteroatoms. The summed E-state index contributed by atoms with van der Waals surface area (Å²) in [5.74, 6) is 0.675. The number of H-pyrrole nitrogens is 1. The van der Waals surface area contributed by atoms with Gasteiger partial charge in [0.2, 0.25) is 0 Å². The number of anilines is 1. The predicted octanol–water partition coefficient (Wildman–Crippen LogP) is 1.51. The molecule has 20 heavy (non-hydrogen) atoms. The number of nitrogens with zero attached hydrogens (tertiary/aromatic N) is 3. The third-order valence-electron chi connectivity index (χ3n) is 3.25. The summed E-state index contributed by atoms with van der Waals surface area (Å²) in [7, 11) is 0. The van der Waals surface area contributed by atoms with E-state index >= 15 is 0 Å². The summed E-state index contributed by atoms with van der Waals surface area (Å²) in [5, 5.41) is 0.854. The van der Waals surface area contributed by atoms with Crippen molar-refractivity contribution in [3.8, 4) is 0 Å². The maximum atomic E-state index is 12.2. The van der Waals surface area contributed by atoms with E-state index < -0.39 is 0 Å². The van der Waals surface area contributed by atoms with Crippen LogP contribution in [0.3, 0.4) is 0 Å². The number of aromatic nitrogens is 3. The summed E-state index contributed by atoms with van der Waals surface area (Å²) in [6, 6.07) is 0. The number of fused-ring (bicyclic) bond motifs is 1. The molecule has 1 aliphatic heterocycles. The first-order valence-corrected chi connectivity index (χ1v) is 7.51. The second-order valence-corrected chi connectivity index (χ2v) is 6.89. The number of nitrogens with one attached hydrogen (secondary N) is 1. The second kappa shape index (κ2) is 4.82. The van der Waals surface area contributed by atoms with E-state index in [1.807, 2.05) is 20.8 Å². The van der Waals surface area contributed by atoms with E-state index in [0.717, 1.165) is 18.2 Å². The van der Waals surface area contributed by atoms with Gasteiger partial charge in [0, 0.05) is 18.5 Å². The predicted molar refractivity (Wildman–Crippen MR) is 79.8 cm³/mol. The average molecular weight is 294 g/mol. The van der Waals surface area contributed by atoms with E-state index in [0.29, 0.717) is 29.4 Å². The maximum absolute atomic E-state index is 12.2. The van der Waals surface area contributed by atoms with Gasteiger partial charge in [-0.3, -0.25) is 4.79 Å². The zero-order valence-electron chi connectivity index (χ0n) is 11.9. The van der Waals surface area contributed by atoms with Crippen LogP contribution >= 0.6 is 11.3 Å². The lowest BCUT2D eigenvalue weighted by Crippen LogP contribution is -2.36. The number of rotatable bonds is 1. The van der Waals surface area contributed by atoms with Crippen molar-refractivity contribution in [1.82, 2.24) is 15.0 Å². The van der Waals surface area contributed by atoms with Gasteiger partial charge in [0.25, 0.3) is 5.56 Å². The highest BCUT2D eigenvalue weighted by atomic mass is 32.1. The molecule has 0 unspecified atom stereocenters. The van der Waals surface area contributed by atoms with Gasteiger partial charge >= 0.3 is 0 Å². The summed E-state index contributed by atoms with van der Waals surface area (Å²) < 4.78 is 5.93. The maximum Gasteiger partial charge on any atom is 0.270 e. The van der Waals surface area contributed by atoms with Crippen LogP contribution in [-0.4, -0.2) is 41.3 Å². The van der Waals surface area contributed by atoms with Crippen LogP contribution in [0.25, 0.3) is 10.3 Å². The molecule has 0 saturated carbocycles. The van der Waals surface area contributed by atoms with Crippen LogP contribution < -0.4 is 10.5 Å². The van der Waals surface area contributed by atoms with Crippen molar-refractivity contribution in [2.75, 3.05) is 31.2 Å². The van der Waals surface area contributed by atoms with Crippen LogP contribution in [0, 0.1) is 0 Å². The van der Waals surface area contributed by atoms with Crippen molar-refractivity contribution in [1.29, 1.82) is 0 Å². The Bertz CT molecular complexity index is 680. The zero-order chi connectivity index (χ0) is 14.3. The third kappa shape index (κ3) is 2.43. The minimum Gasteiger partial charge on any atom is -0.378 e. The summed E-state index contributed by atoms with van der Waals surface area (Å²) >= 11 is 1.40. The first-order valence-electron chi connectivity index (χ1n) is 6.69. The smallest absolute Gasteiger partial charge is 0.270 e. The number of aromatic amines is 1. The fraction of sp³-hybridized carbons (Fsp3) is 0.615. The monoisotopic (exact) mass is 294 g/mol. The van der Waals surface area contributed by atoms with E-state index in [2.05, 4.69) is 19.9 Å². The molecule has 1 aliphatic rings. The molecule has 1 fully saturated rings. The number of morpholine rings is 1. The molecule has 0 amide bonds. The highest BCUT2D eigenvalue weighted by molar-refractivity contribution is 7.22. The molecule has 0 bridgehead atoms. The Labute approximate surface area is 120 Å². The van der Waals surface area contributed by atoms with Crippen LogP contribution in [-0.2, 0) is 10.2 Å². The number of ether oxygens (including phenoxy) is 1. The molecule has 2 aromatic rings. The highest BCUT2D eigenvalue weighted by Crippen LogP contribution is 2.27. The summed E-state index contributed by atoms with van der Waals surface area (Å²) in [5.41, 5.74) is 0.248. The number of hydrogen-bond acceptors (Lipinski definition) is 6. The molecule has 6 nitrogen and oxygen atoms in total. The molecule has 0 spiro atoms. The van der Waals surface area contributed by atoms with Gasteiger partial charge in [-0.15, -0.1) is 0 Å². The second-order valence-electron chi connectivity index (χ2n) is 5.91. The summed E-state index contributed by atoms with van der Waals surface area (Å²) in [6.07, 6.45) is 0. The van der Waals surface area contributed by atoms with Crippen molar-refractivity contribution < 1.29 is 4.74 Å². The van der Waals surface area contributed by atoms with Crippen LogP contribution in [0.5, 0.6) is 0 Å². The van der Waals surface area contributed by atoms with Gasteiger partial charge in [0.05, 0.1) is 13.2 Å². The van der Waals surface area contributed by atoms with Crippen molar-refractivity contribution in [2.45, 2.75) is 26.2 Å². The van der Waals surface area contributed by atoms with Crippen molar-refractivity contribution in [3.05, 3.63) is 16.2 Å². The van der Waals surface area contributed by atoms with E-state index in [9.17, 15) is 4.79 Å². The summed E-state index contributed by atoms with van der Waals surface area (Å²) in [6.45, 7) is 9.08. The van der Waals surface area contributed by atoms with E-state index in [1.165, 1.54) is 11.3 Å². The molecule has 0 atom stereocenters. The van der Waals surface area contributed by atoms with Gasteiger partial charge in [0.1, 0.15) is 10.5 Å². The zero-order valence-corrected chi connectivity index (χ0v) is 12.7. The normalized spacial score (nSPS) is 16.9. The third-order valence-corrected chi connectivity index (χ3v) is 4.35. The van der Waals surface area contributed by atoms with Crippen LogP contribution in [0.15, 0.2) is 4.79 Å². The van der Waals surface area contributed by atoms with Gasteiger partial charge in [-0.2, -0.15) is 4.98 Å². The average Bonchev–Trinajstić information content (AvgIpc) is 2.83. The van der Waals surface area contributed by atoms with Crippen molar-refractivity contribution in [3.63, 3.8) is 0 Å². The Balaban J connectivity index is 2.06. The van der Waals surface area contributed by atoms with Gasteiger partial charge in [-0.1, -0.05) is 32.1 Å². The molecule has 3 heterocycles. The molecule has 2 aromatic heterocycles. The molecular weight excluding hydrogens is 276 g/mol. The fourth-order valence-electron chi connectivity index (χ4n) is 2.07.